The fraction of sp³-hybridized carbons (Fsp3) is 0.786. The van der Waals surface area contributed by atoms with E-state index in [4.69, 9.17) is 4.74 Å². The van der Waals surface area contributed by atoms with Crippen LogP contribution in [-0.2, 0) is 0 Å². The largest absolute Gasteiger partial charge is 0.461 e. The molecule has 20 heavy (non-hydrogen) atoms. The van der Waals surface area contributed by atoms with E-state index in [1.165, 1.54) is 25.7 Å². The number of aromatic nitrogens is 3. The quantitative estimate of drug-likeness (QED) is 0.834. The molecule has 1 fully saturated rings. The topological polar surface area (TPSA) is 72.0 Å². The molecular weight excluding hydrogens is 254 g/mol. The van der Waals surface area contributed by atoms with Gasteiger partial charge in [0.2, 0.25) is 11.9 Å². The zero-order valence-corrected chi connectivity index (χ0v) is 12.9. The van der Waals surface area contributed by atoms with E-state index in [2.05, 4.69) is 32.5 Å². The molecule has 2 rings (SSSR count). The second kappa shape index (κ2) is 6.24. The van der Waals surface area contributed by atoms with Crippen LogP contribution >= 0.6 is 0 Å². The number of rotatable bonds is 6. The summed E-state index contributed by atoms with van der Waals surface area (Å²) in [4.78, 5) is 12.8. The van der Waals surface area contributed by atoms with Crippen molar-refractivity contribution in [3.05, 3.63) is 0 Å². The summed E-state index contributed by atoms with van der Waals surface area (Å²) in [6, 6.07) is 0.360. The molecule has 112 valence electrons. The lowest BCUT2D eigenvalue weighted by Crippen LogP contribution is -2.24. The molecule has 0 saturated heterocycles. The molecule has 1 aromatic rings. The third-order valence-electron chi connectivity index (χ3n) is 3.66. The van der Waals surface area contributed by atoms with Crippen molar-refractivity contribution >= 4 is 11.9 Å². The van der Waals surface area contributed by atoms with E-state index >= 15 is 0 Å². The van der Waals surface area contributed by atoms with Gasteiger partial charge in [-0.1, -0.05) is 19.8 Å². The molecule has 0 atom stereocenters. The van der Waals surface area contributed by atoms with Gasteiger partial charge in [-0.3, -0.25) is 0 Å². The Morgan fingerprint density at radius 3 is 2.40 bits per heavy atom. The summed E-state index contributed by atoms with van der Waals surface area (Å²) in [5.74, 6) is 1.10. The van der Waals surface area contributed by atoms with Crippen molar-refractivity contribution in [1.82, 2.24) is 15.0 Å². The molecule has 0 amide bonds. The lowest BCUT2D eigenvalue weighted by molar-refractivity contribution is 0.222. The summed E-state index contributed by atoms with van der Waals surface area (Å²) in [5.41, 5.74) is 0.353. The summed E-state index contributed by atoms with van der Waals surface area (Å²) in [6.45, 7) is 7.12. The number of anilines is 2. The van der Waals surface area contributed by atoms with Crippen LogP contribution in [0.1, 0.15) is 46.5 Å². The van der Waals surface area contributed by atoms with Crippen molar-refractivity contribution in [1.29, 1.82) is 0 Å². The average molecular weight is 279 g/mol. The molecule has 0 radical (unpaired) electrons. The molecule has 1 heterocycles. The summed E-state index contributed by atoms with van der Waals surface area (Å²) >= 11 is 0. The van der Waals surface area contributed by atoms with Crippen molar-refractivity contribution in [2.24, 2.45) is 5.41 Å². The van der Waals surface area contributed by atoms with E-state index in [9.17, 15) is 0 Å². The first-order valence-corrected chi connectivity index (χ1v) is 7.35. The van der Waals surface area contributed by atoms with Crippen LogP contribution in [0, 0.1) is 5.41 Å². The fourth-order valence-electron chi connectivity index (χ4n) is 2.51. The van der Waals surface area contributed by atoms with Crippen molar-refractivity contribution in [3.8, 4) is 6.01 Å². The van der Waals surface area contributed by atoms with Gasteiger partial charge in [0.25, 0.3) is 0 Å². The van der Waals surface area contributed by atoms with E-state index < -0.39 is 0 Å². The van der Waals surface area contributed by atoms with Gasteiger partial charge in [-0.25, -0.2) is 0 Å². The monoisotopic (exact) mass is 279 g/mol. The average Bonchev–Trinajstić information content (AvgIpc) is 2.83. The second-order valence-corrected chi connectivity index (χ2v) is 6.05. The van der Waals surface area contributed by atoms with Gasteiger partial charge in [0.05, 0.1) is 6.10 Å². The van der Waals surface area contributed by atoms with E-state index in [0.29, 0.717) is 23.3 Å². The molecule has 0 unspecified atom stereocenters. The van der Waals surface area contributed by atoms with Gasteiger partial charge in [0.15, 0.2) is 0 Å². The van der Waals surface area contributed by atoms with Gasteiger partial charge < -0.3 is 15.4 Å². The predicted molar refractivity (Wildman–Crippen MR) is 80.2 cm³/mol. The Morgan fingerprint density at radius 1 is 1.15 bits per heavy atom. The Kier molecular flexibility index (Phi) is 4.62. The van der Waals surface area contributed by atoms with Crippen LogP contribution in [-0.4, -0.2) is 34.6 Å². The minimum atomic E-state index is 0.0438. The third-order valence-corrected chi connectivity index (χ3v) is 3.66. The zero-order valence-electron chi connectivity index (χ0n) is 12.9. The maximum atomic E-state index is 5.55. The number of nitrogens with one attached hydrogen (secondary N) is 2. The normalized spacial score (nSPS) is 17.2. The van der Waals surface area contributed by atoms with Crippen LogP contribution in [0.2, 0.25) is 0 Å². The number of ether oxygens (including phenoxy) is 1. The summed E-state index contributed by atoms with van der Waals surface area (Å²) in [7, 11) is 1.79. The minimum Gasteiger partial charge on any atom is -0.461 e. The number of hydrogen-bond donors (Lipinski definition) is 2. The summed E-state index contributed by atoms with van der Waals surface area (Å²) in [5, 5.41) is 6.27. The Bertz CT molecular complexity index is 443. The maximum absolute atomic E-state index is 5.55. The summed E-state index contributed by atoms with van der Waals surface area (Å²) in [6.07, 6.45) is 5.21. The lowest BCUT2D eigenvalue weighted by Gasteiger charge is -2.23. The van der Waals surface area contributed by atoms with Crippen molar-refractivity contribution in [3.63, 3.8) is 0 Å². The highest BCUT2D eigenvalue weighted by Crippen LogP contribution is 2.37. The van der Waals surface area contributed by atoms with Gasteiger partial charge in [0.1, 0.15) is 0 Å². The van der Waals surface area contributed by atoms with Crippen molar-refractivity contribution < 1.29 is 4.74 Å². The van der Waals surface area contributed by atoms with E-state index in [0.717, 1.165) is 6.54 Å². The molecule has 6 heteroatoms. The van der Waals surface area contributed by atoms with Crippen LogP contribution in [0.25, 0.3) is 0 Å². The van der Waals surface area contributed by atoms with Gasteiger partial charge >= 0.3 is 6.01 Å². The lowest BCUT2D eigenvalue weighted by atomic mass is 9.89. The molecule has 0 spiro atoms. The standard InChI is InChI=1S/C14H25N5O/c1-10(2)20-13-18-11(15-4)17-12(19-13)16-9-14(3)7-5-6-8-14/h10H,5-9H2,1-4H3,(H2,15,16,17,18,19). The van der Waals surface area contributed by atoms with Crippen LogP contribution in [0.5, 0.6) is 6.01 Å². The van der Waals surface area contributed by atoms with E-state index in [1.807, 2.05) is 13.8 Å². The Morgan fingerprint density at radius 2 is 1.80 bits per heavy atom. The smallest absolute Gasteiger partial charge is 0.323 e. The molecule has 0 aliphatic heterocycles. The van der Waals surface area contributed by atoms with Crippen molar-refractivity contribution in [2.75, 3.05) is 24.2 Å². The summed E-state index contributed by atoms with van der Waals surface area (Å²) < 4.78 is 5.55. The molecule has 6 nitrogen and oxygen atoms in total. The maximum Gasteiger partial charge on any atom is 0.323 e. The minimum absolute atomic E-state index is 0.0438. The predicted octanol–water partition coefficient (Wildman–Crippen LogP) is 2.69. The second-order valence-electron chi connectivity index (χ2n) is 6.05. The van der Waals surface area contributed by atoms with Gasteiger partial charge in [0, 0.05) is 13.6 Å². The SMILES string of the molecule is CNc1nc(NCC2(C)CCCC2)nc(OC(C)C)n1. The van der Waals surface area contributed by atoms with E-state index in [-0.39, 0.29) is 6.10 Å². The van der Waals surface area contributed by atoms with Crippen LogP contribution in [0.4, 0.5) is 11.9 Å². The van der Waals surface area contributed by atoms with E-state index in [1.54, 1.807) is 7.05 Å². The molecule has 2 N–H and O–H groups in total. The van der Waals surface area contributed by atoms with Gasteiger partial charge in [-0.15, -0.1) is 0 Å². The molecule has 0 aromatic carbocycles. The first-order chi connectivity index (χ1) is 9.50. The van der Waals surface area contributed by atoms with Crippen LogP contribution in [0.3, 0.4) is 0 Å². The third kappa shape index (κ3) is 3.95. The van der Waals surface area contributed by atoms with Crippen LogP contribution in [0.15, 0.2) is 0 Å². The molecule has 1 aliphatic rings. The number of nitrogens with zero attached hydrogens (tertiary/aromatic N) is 3. The van der Waals surface area contributed by atoms with Crippen LogP contribution < -0.4 is 15.4 Å². The Hall–Kier alpha value is -1.59. The highest BCUT2D eigenvalue weighted by atomic mass is 16.5. The molecule has 1 aliphatic carbocycles. The van der Waals surface area contributed by atoms with Gasteiger partial charge in [-0.05, 0) is 32.1 Å². The number of hydrogen-bond acceptors (Lipinski definition) is 6. The highest BCUT2D eigenvalue weighted by Gasteiger charge is 2.28. The first-order valence-electron chi connectivity index (χ1n) is 7.35. The van der Waals surface area contributed by atoms with Gasteiger partial charge in [-0.2, -0.15) is 15.0 Å². The van der Waals surface area contributed by atoms with Crippen molar-refractivity contribution in [2.45, 2.75) is 52.6 Å². The first kappa shape index (κ1) is 14.8. The zero-order chi connectivity index (χ0) is 14.6. The molecular formula is C14H25N5O. The highest BCUT2D eigenvalue weighted by molar-refractivity contribution is 5.35. The Balaban J connectivity index is 2.05. The molecule has 1 saturated carbocycles. The molecule has 0 bridgehead atoms. The molecule has 1 aromatic heterocycles. The Labute approximate surface area is 120 Å². The fourth-order valence-corrected chi connectivity index (χ4v) is 2.51.